The number of hydrogen-bond donors (Lipinski definition) is 0. The predicted molar refractivity (Wildman–Crippen MR) is 60.0 cm³/mol. The molecule has 0 amide bonds. The van der Waals surface area contributed by atoms with Gasteiger partial charge in [-0.05, 0) is 29.2 Å². The molecule has 4 heteroatoms. The molecule has 1 aromatic rings. The normalized spacial score (nSPS) is 24.3. The second kappa shape index (κ2) is 3.35. The standard InChI is InChI=1S/C10H11BrO2S/c1-7-5-14(12,13)6-8-2-3-9(11)4-10(7)8/h2-4,7H,5-6H2,1H3. The molecule has 1 aromatic carbocycles. The van der Waals surface area contributed by atoms with E-state index in [1.54, 1.807) is 0 Å². The molecule has 0 saturated heterocycles. The van der Waals surface area contributed by atoms with Crippen LogP contribution in [0.3, 0.4) is 0 Å². The van der Waals surface area contributed by atoms with E-state index in [0.29, 0.717) is 0 Å². The van der Waals surface area contributed by atoms with Gasteiger partial charge in [-0.15, -0.1) is 0 Å². The van der Waals surface area contributed by atoms with Gasteiger partial charge in [-0.1, -0.05) is 28.9 Å². The number of fused-ring (bicyclic) bond motifs is 1. The molecule has 0 aromatic heterocycles. The highest BCUT2D eigenvalue weighted by atomic mass is 79.9. The monoisotopic (exact) mass is 274 g/mol. The van der Waals surface area contributed by atoms with Crippen molar-refractivity contribution in [2.24, 2.45) is 0 Å². The third-order valence-corrected chi connectivity index (χ3v) is 4.77. The molecule has 0 saturated carbocycles. The lowest BCUT2D eigenvalue weighted by molar-refractivity contribution is 0.584. The first-order valence-corrected chi connectivity index (χ1v) is 7.08. The van der Waals surface area contributed by atoms with Crippen LogP contribution in [0.15, 0.2) is 22.7 Å². The Morgan fingerprint density at radius 2 is 2.14 bits per heavy atom. The zero-order chi connectivity index (χ0) is 10.3. The molecule has 1 heterocycles. The van der Waals surface area contributed by atoms with Crippen molar-refractivity contribution in [3.63, 3.8) is 0 Å². The van der Waals surface area contributed by atoms with Crippen molar-refractivity contribution in [2.75, 3.05) is 5.75 Å². The Bertz CT molecular complexity index is 465. The van der Waals surface area contributed by atoms with Gasteiger partial charge in [0.2, 0.25) is 0 Å². The number of hydrogen-bond acceptors (Lipinski definition) is 2. The molecule has 0 bridgehead atoms. The first-order chi connectivity index (χ1) is 6.48. The van der Waals surface area contributed by atoms with Gasteiger partial charge in [0.05, 0.1) is 11.5 Å². The average Bonchev–Trinajstić information content (AvgIpc) is 2.05. The molecular weight excluding hydrogens is 264 g/mol. The van der Waals surface area contributed by atoms with E-state index >= 15 is 0 Å². The van der Waals surface area contributed by atoms with Crippen LogP contribution in [-0.2, 0) is 15.6 Å². The van der Waals surface area contributed by atoms with E-state index in [-0.39, 0.29) is 17.4 Å². The lowest BCUT2D eigenvalue weighted by Gasteiger charge is -2.22. The Hall–Kier alpha value is -0.350. The highest BCUT2D eigenvalue weighted by Crippen LogP contribution is 2.31. The lowest BCUT2D eigenvalue weighted by Crippen LogP contribution is -2.22. The van der Waals surface area contributed by atoms with E-state index in [1.807, 2.05) is 25.1 Å². The molecule has 1 atom stereocenters. The molecule has 2 rings (SSSR count). The summed E-state index contributed by atoms with van der Waals surface area (Å²) < 4.78 is 24.0. The Morgan fingerprint density at radius 1 is 1.43 bits per heavy atom. The summed E-state index contributed by atoms with van der Waals surface area (Å²) >= 11 is 3.40. The highest BCUT2D eigenvalue weighted by Gasteiger charge is 2.26. The van der Waals surface area contributed by atoms with Crippen molar-refractivity contribution in [2.45, 2.75) is 18.6 Å². The fourth-order valence-corrected chi connectivity index (χ4v) is 4.10. The van der Waals surface area contributed by atoms with Crippen LogP contribution in [0.5, 0.6) is 0 Å². The number of sulfone groups is 1. The van der Waals surface area contributed by atoms with Crippen LogP contribution in [0, 0.1) is 0 Å². The molecule has 0 spiro atoms. The topological polar surface area (TPSA) is 34.1 Å². The summed E-state index contributed by atoms with van der Waals surface area (Å²) in [5.41, 5.74) is 2.11. The number of benzene rings is 1. The summed E-state index contributed by atoms with van der Waals surface area (Å²) in [6, 6.07) is 5.81. The van der Waals surface area contributed by atoms with Crippen molar-refractivity contribution in [3.05, 3.63) is 33.8 Å². The fraction of sp³-hybridized carbons (Fsp3) is 0.400. The minimum atomic E-state index is -2.87. The largest absolute Gasteiger partial charge is 0.228 e. The Kier molecular flexibility index (Phi) is 2.43. The van der Waals surface area contributed by atoms with Crippen LogP contribution in [0.2, 0.25) is 0 Å². The molecule has 76 valence electrons. The first kappa shape index (κ1) is 10.2. The second-order valence-electron chi connectivity index (χ2n) is 3.80. The minimum absolute atomic E-state index is 0.112. The van der Waals surface area contributed by atoms with Gasteiger partial charge in [0.25, 0.3) is 0 Å². The maximum Gasteiger partial charge on any atom is 0.155 e. The number of rotatable bonds is 0. The molecule has 0 radical (unpaired) electrons. The summed E-state index contributed by atoms with van der Waals surface area (Å²) in [5.74, 6) is 0.581. The van der Waals surface area contributed by atoms with Crippen LogP contribution in [0.25, 0.3) is 0 Å². The molecule has 0 aliphatic carbocycles. The van der Waals surface area contributed by atoms with Gasteiger partial charge in [0.15, 0.2) is 9.84 Å². The summed E-state index contributed by atoms with van der Waals surface area (Å²) in [5, 5.41) is 0. The molecule has 1 aliphatic rings. The molecule has 1 unspecified atom stereocenters. The van der Waals surface area contributed by atoms with E-state index < -0.39 is 9.84 Å². The van der Waals surface area contributed by atoms with Gasteiger partial charge in [0.1, 0.15) is 0 Å². The maximum atomic E-state index is 11.5. The summed E-state index contributed by atoms with van der Waals surface area (Å²) in [7, 11) is -2.87. The maximum absolute atomic E-state index is 11.5. The quantitative estimate of drug-likeness (QED) is 0.729. The molecule has 0 fully saturated rings. The average molecular weight is 275 g/mol. The predicted octanol–water partition coefficient (Wildman–Crippen LogP) is 2.48. The fourth-order valence-electron chi connectivity index (χ4n) is 1.92. The van der Waals surface area contributed by atoms with Crippen LogP contribution in [0.1, 0.15) is 24.0 Å². The number of halogens is 1. The van der Waals surface area contributed by atoms with Gasteiger partial charge in [-0.25, -0.2) is 8.42 Å². The van der Waals surface area contributed by atoms with E-state index in [2.05, 4.69) is 15.9 Å². The van der Waals surface area contributed by atoms with E-state index in [9.17, 15) is 8.42 Å². The van der Waals surface area contributed by atoms with Gasteiger partial charge in [-0.2, -0.15) is 0 Å². The van der Waals surface area contributed by atoms with Crippen molar-refractivity contribution in [1.82, 2.24) is 0 Å². The zero-order valence-electron chi connectivity index (χ0n) is 7.83. The molecule has 0 N–H and O–H groups in total. The van der Waals surface area contributed by atoms with Crippen molar-refractivity contribution in [1.29, 1.82) is 0 Å². The van der Waals surface area contributed by atoms with Crippen molar-refractivity contribution >= 4 is 25.8 Å². The van der Waals surface area contributed by atoms with E-state index in [4.69, 9.17) is 0 Å². The highest BCUT2D eigenvalue weighted by molar-refractivity contribution is 9.10. The molecule has 14 heavy (non-hydrogen) atoms. The van der Waals surface area contributed by atoms with Crippen LogP contribution >= 0.6 is 15.9 Å². The lowest BCUT2D eigenvalue weighted by atomic mass is 9.98. The van der Waals surface area contributed by atoms with Gasteiger partial charge in [0, 0.05) is 4.47 Å². The summed E-state index contributed by atoms with van der Waals surface area (Å²) in [4.78, 5) is 0. The SMILES string of the molecule is CC1CS(=O)(=O)Cc2ccc(Br)cc21. The Balaban J connectivity index is 2.56. The van der Waals surface area contributed by atoms with Crippen LogP contribution in [0.4, 0.5) is 0 Å². The third-order valence-electron chi connectivity index (χ3n) is 2.52. The zero-order valence-corrected chi connectivity index (χ0v) is 10.2. The summed E-state index contributed by atoms with van der Waals surface area (Å²) in [6.07, 6.45) is 0. The second-order valence-corrected chi connectivity index (χ2v) is 6.82. The Morgan fingerprint density at radius 3 is 2.86 bits per heavy atom. The molecule has 2 nitrogen and oxygen atoms in total. The third kappa shape index (κ3) is 1.86. The molecule has 1 aliphatic heterocycles. The van der Waals surface area contributed by atoms with Gasteiger partial charge >= 0.3 is 0 Å². The summed E-state index contributed by atoms with van der Waals surface area (Å²) in [6.45, 7) is 1.96. The smallest absolute Gasteiger partial charge is 0.155 e. The Labute approximate surface area is 92.4 Å². The van der Waals surface area contributed by atoms with Crippen LogP contribution in [-0.4, -0.2) is 14.2 Å². The first-order valence-electron chi connectivity index (χ1n) is 4.47. The van der Waals surface area contributed by atoms with Gasteiger partial charge < -0.3 is 0 Å². The van der Waals surface area contributed by atoms with Crippen molar-refractivity contribution in [3.8, 4) is 0 Å². The van der Waals surface area contributed by atoms with Crippen molar-refractivity contribution < 1.29 is 8.42 Å². The van der Waals surface area contributed by atoms with E-state index in [1.165, 1.54) is 0 Å². The minimum Gasteiger partial charge on any atom is -0.228 e. The van der Waals surface area contributed by atoms with Gasteiger partial charge in [-0.3, -0.25) is 0 Å². The van der Waals surface area contributed by atoms with Crippen LogP contribution < -0.4 is 0 Å². The van der Waals surface area contributed by atoms with E-state index in [0.717, 1.165) is 15.6 Å². The molecular formula is C10H11BrO2S.